The number of nitrogens with zero attached hydrogens (tertiary/aromatic N) is 1. The van der Waals surface area contributed by atoms with Crippen LogP contribution in [0.15, 0.2) is 30.3 Å². The molecule has 0 aromatic heterocycles. The molecule has 1 aliphatic heterocycles. The third-order valence-corrected chi connectivity index (χ3v) is 3.96. The smallest absolute Gasteiger partial charge is 0.0165 e. The van der Waals surface area contributed by atoms with Crippen molar-refractivity contribution in [3.05, 3.63) is 35.9 Å². The highest BCUT2D eigenvalue weighted by Crippen LogP contribution is 2.33. The fourth-order valence-corrected chi connectivity index (χ4v) is 3.18. The van der Waals surface area contributed by atoms with Crippen LogP contribution in [0.5, 0.6) is 0 Å². The summed E-state index contributed by atoms with van der Waals surface area (Å²) in [5.74, 6) is 0.672. The molecule has 1 aromatic rings. The summed E-state index contributed by atoms with van der Waals surface area (Å²) in [6, 6.07) is 11.6. The predicted octanol–water partition coefficient (Wildman–Crippen LogP) is 2.60. The number of benzene rings is 1. The Hall–Kier alpha value is -0.860. The second-order valence-electron chi connectivity index (χ2n) is 4.96. The van der Waals surface area contributed by atoms with E-state index >= 15 is 0 Å². The van der Waals surface area contributed by atoms with Crippen molar-refractivity contribution < 1.29 is 0 Å². The van der Waals surface area contributed by atoms with Gasteiger partial charge in [-0.2, -0.15) is 0 Å². The van der Waals surface area contributed by atoms with E-state index in [4.69, 9.17) is 5.73 Å². The molecular weight excluding hydrogens is 208 g/mol. The van der Waals surface area contributed by atoms with Gasteiger partial charge in [-0.1, -0.05) is 37.3 Å². The Morgan fingerprint density at radius 1 is 1.35 bits per heavy atom. The average molecular weight is 232 g/mol. The second kappa shape index (κ2) is 6.18. The van der Waals surface area contributed by atoms with Crippen LogP contribution in [0.1, 0.15) is 37.7 Å². The van der Waals surface area contributed by atoms with Gasteiger partial charge < -0.3 is 5.73 Å². The Balaban J connectivity index is 2.12. The Morgan fingerprint density at radius 2 is 2.12 bits per heavy atom. The largest absolute Gasteiger partial charge is 0.329 e. The molecule has 2 atom stereocenters. The highest BCUT2D eigenvalue weighted by molar-refractivity contribution is 5.21. The normalized spacial score (nSPS) is 22.8. The summed E-state index contributed by atoms with van der Waals surface area (Å²) in [7, 11) is 0. The minimum atomic E-state index is 0.672. The molecule has 2 rings (SSSR count). The SMILES string of the molecule is CCC(c1ccccc1)C1CCCN1CCN. The van der Waals surface area contributed by atoms with Gasteiger partial charge in [-0.15, -0.1) is 0 Å². The van der Waals surface area contributed by atoms with Crippen molar-refractivity contribution in [2.75, 3.05) is 19.6 Å². The molecule has 1 fully saturated rings. The zero-order chi connectivity index (χ0) is 12.1. The van der Waals surface area contributed by atoms with Gasteiger partial charge in [0.2, 0.25) is 0 Å². The third kappa shape index (κ3) is 2.88. The van der Waals surface area contributed by atoms with Gasteiger partial charge in [0, 0.05) is 19.1 Å². The summed E-state index contributed by atoms with van der Waals surface area (Å²) in [5, 5.41) is 0. The number of rotatable bonds is 5. The van der Waals surface area contributed by atoms with Crippen molar-refractivity contribution in [2.45, 2.75) is 38.1 Å². The number of hydrogen-bond donors (Lipinski definition) is 1. The lowest BCUT2D eigenvalue weighted by atomic mass is 9.88. The lowest BCUT2D eigenvalue weighted by molar-refractivity contribution is 0.226. The van der Waals surface area contributed by atoms with Crippen molar-refractivity contribution >= 4 is 0 Å². The van der Waals surface area contributed by atoms with Crippen LogP contribution in [0.3, 0.4) is 0 Å². The van der Waals surface area contributed by atoms with E-state index in [9.17, 15) is 0 Å². The van der Waals surface area contributed by atoms with E-state index in [1.165, 1.54) is 31.4 Å². The Labute approximate surface area is 105 Å². The molecule has 0 aliphatic carbocycles. The number of hydrogen-bond acceptors (Lipinski definition) is 2. The van der Waals surface area contributed by atoms with Gasteiger partial charge in [-0.25, -0.2) is 0 Å². The molecule has 1 saturated heterocycles. The molecule has 2 nitrogen and oxygen atoms in total. The lowest BCUT2D eigenvalue weighted by Gasteiger charge is -2.31. The first-order valence-electron chi connectivity index (χ1n) is 6.86. The molecule has 2 unspecified atom stereocenters. The van der Waals surface area contributed by atoms with Gasteiger partial charge in [0.1, 0.15) is 0 Å². The molecule has 0 spiro atoms. The standard InChI is InChI=1S/C15H24N2/c1-2-14(13-7-4-3-5-8-13)15-9-6-11-17(15)12-10-16/h3-5,7-8,14-15H,2,6,9-12,16H2,1H3. The summed E-state index contributed by atoms with van der Waals surface area (Å²) in [6.45, 7) is 5.36. The van der Waals surface area contributed by atoms with Gasteiger partial charge in [0.25, 0.3) is 0 Å². The Kier molecular flexibility index (Phi) is 4.57. The first-order valence-corrected chi connectivity index (χ1v) is 6.86. The van der Waals surface area contributed by atoms with Crippen LogP contribution in [0, 0.1) is 0 Å². The third-order valence-electron chi connectivity index (χ3n) is 3.96. The van der Waals surface area contributed by atoms with Crippen molar-refractivity contribution in [1.29, 1.82) is 0 Å². The Bertz CT molecular complexity index is 323. The average Bonchev–Trinajstić information content (AvgIpc) is 2.81. The van der Waals surface area contributed by atoms with Crippen molar-refractivity contribution in [3.63, 3.8) is 0 Å². The van der Waals surface area contributed by atoms with Crippen LogP contribution in [-0.4, -0.2) is 30.6 Å². The minimum Gasteiger partial charge on any atom is -0.329 e. The van der Waals surface area contributed by atoms with Crippen LogP contribution < -0.4 is 5.73 Å². The quantitative estimate of drug-likeness (QED) is 0.845. The summed E-state index contributed by atoms with van der Waals surface area (Å²) in [5.41, 5.74) is 7.20. The highest BCUT2D eigenvalue weighted by Gasteiger charge is 2.30. The predicted molar refractivity (Wildman–Crippen MR) is 73.1 cm³/mol. The topological polar surface area (TPSA) is 29.3 Å². The molecular formula is C15H24N2. The van der Waals surface area contributed by atoms with Gasteiger partial charge in [0.15, 0.2) is 0 Å². The summed E-state index contributed by atoms with van der Waals surface area (Å²) >= 11 is 0. The maximum absolute atomic E-state index is 5.71. The monoisotopic (exact) mass is 232 g/mol. The maximum atomic E-state index is 5.71. The van der Waals surface area contributed by atoms with E-state index in [0.717, 1.165) is 13.1 Å². The zero-order valence-electron chi connectivity index (χ0n) is 10.8. The highest BCUT2D eigenvalue weighted by atomic mass is 15.2. The molecule has 17 heavy (non-hydrogen) atoms. The van der Waals surface area contributed by atoms with Gasteiger partial charge in [-0.05, 0) is 37.3 Å². The number of likely N-dealkylation sites (tertiary alicyclic amines) is 1. The summed E-state index contributed by atoms with van der Waals surface area (Å²) < 4.78 is 0. The molecule has 1 aliphatic rings. The first kappa shape index (κ1) is 12.6. The molecule has 1 aromatic carbocycles. The fourth-order valence-electron chi connectivity index (χ4n) is 3.18. The summed E-state index contributed by atoms with van der Waals surface area (Å²) in [6.07, 6.45) is 3.87. The van der Waals surface area contributed by atoms with Gasteiger partial charge in [0.05, 0.1) is 0 Å². The van der Waals surface area contributed by atoms with Crippen molar-refractivity contribution in [1.82, 2.24) is 4.90 Å². The van der Waals surface area contributed by atoms with E-state index in [2.05, 4.69) is 42.2 Å². The van der Waals surface area contributed by atoms with E-state index in [-0.39, 0.29) is 0 Å². The van der Waals surface area contributed by atoms with E-state index in [1.54, 1.807) is 0 Å². The van der Waals surface area contributed by atoms with Crippen LogP contribution in [-0.2, 0) is 0 Å². The van der Waals surface area contributed by atoms with Crippen molar-refractivity contribution in [3.8, 4) is 0 Å². The van der Waals surface area contributed by atoms with Gasteiger partial charge >= 0.3 is 0 Å². The first-order chi connectivity index (χ1) is 8.36. The summed E-state index contributed by atoms with van der Waals surface area (Å²) in [4.78, 5) is 2.58. The lowest BCUT2D eigenvalue weighted by Crippen LogP contribution is -2.37. The molecule has 0 bridgehead atoms. The minimum absolute atomic E-state index is 0.672. The Morgan fingerprint density at radius 3 is 2.76 bits per heavy atom. The van der Waals surface area contributed by atoms with E-state index < -0.39 is 0 Å². The van der Waals surface area contributed by atoms with Crippen LogP contribution in [0.4, 0.5) is 0 Å². The van der Waals surface area contributed by atoms with E-state index in [1.807, 2.05) is 0 Å². The molecule has 1 heterocycles. The fraction of sp³-hybridized carbons (Fsp3) is 0.600. The molecule has 0 saturated carbocycles. The molecule has 2 N–H and O–H groups in total. The zero-order valence-corrected chi connectivity index (χ0v) is 10.8. The van der Waals surface area contributed by atoms with Crippen LogP contribution >= 0.6 is 0 Å². The molecule has 2 heteroatoms. The van der Waals surface area contributed by atoms with Crippen LogP contribution in [0.25, 0.3) is 0 Å². The maximum Gasteiger partial charge on any atom is 0.0165 e. The van der Waals surface area contributed by atoms with Gasteiger partial charge in [-0.3, -0.25) is 4.90 Å². The number of nitrogens with two attached hydrogens (primary N) is 1. The molecule has 0 amide bonds. The van der Waals surface area contributed by atoms with E-state index in [0.29, 0.717) is 12.0 Å². The van der Waals surface area contributed by atoms with Crippen LogP contribution in [0.2, 0.25) is 0 Å². The molecule has 0 radical (unpaired) electrons. The van der Waals surface area contributed by atoms with Crippen molar-refractivity contribution in [2.24, 2.45) is 5.73 Å². The molecule has 94 valence electrons. The second-order valence-corrected chi connectivity index (χ2v) is 4.96.